The van der Waals surface area contributed by atoms with Gasteiger partial charge in [0.2, 0.25) is 11.8 Å². The third kappa shape index (κ3) is 7.96. The fourth-order valence-electron chi connectivity index (χ4n) is 4.08. The van der Waals surface area contributed by atoms with Crippen molar-refractivity contribution in [2.24, 2.45) is 0 Å². The van der Waals surface area contributed by atoms with Crippen LogP contribution in [0.3, 0.4) is 0 Å². The van der Waals surface area contributed by atoms with Gasteiger partial charge in [-0.05, 0) is 81.8 Å². The van der Waals surface area contributed by atoms with Crippen molar-refractivity contribution in [3.05, 3.63) is 83.9 Å². The maximum Gasteiger partial charge on any atom is 0.264 e. The zero-order valence-corrected chi connectivity index (χ0v) is 25.2. The highest BCUT2D eigenvalue weighted by molar-refractivity contribution is 7.92. The van der Waals surface area contributed by atoms with Crippen LogP contribution in [0.15, 0.2) is 71.6 Å². The largest absolute Gasteiger partial charge is 0.493 e. The van der Waals surface area contributed by atoms with E-state index in [0.717, 1.165) is 16.4 Å². The third-order valence-corrected chi connectivity index (χ3v) is 8.04. The lowest BCUT2D eigenvalue weighted by Crippen LogP contribution is -2.54. The zero-order valence-electron chi connectivity index (χ0n) is 24.4. The Bertz CT molecular complexity index is 1510. The lowest BCUT2D eigenvalue weighted by atomic mass is 10.1. The Morgan fingerprint density at radius 2 is 1.43 bits per heavy atom. The average molecular weight is 604 g/mol. The molecule has 0 aliphatic rings. The van der Waals surface area contributed by atoms with Gasteiger partial charge in [-0.3, -0.25) is 13.9 Å². The molecule has 3 aromatic carbocycles. The van der Waals surface area contributed by atoms with Gasteiger partial charge in [0.15, 0.2) is 11.5 Å². The first-order valence-electron chi connectivity index (χ1n) is 13.0. The second-order valence-corrected chi connectivity index (χ2v) is 12.4. The molecule has 0 radical (unpaired) electrons. The SMILES string of the molecule is COc1ccc(S(=O)(=O)N(CC(=O)N(Cc2ccc(F)cc2)C(C)C(=O)NC(C)(C)C)c2ccc(F)cc2)cc1OC. The van der Waals surface area contributed by atoms with Gasteiger partial charge < -0.3 is 19.7 Å². The van der Waals surface area contributed by atoms with Gasteiger partial charge in [-0.25, -0.2) is 17.2 Å². The van der Waals surface area contributed by atoms with E-state index in [9.17, 15) is 26.8 Å². The van der Waals surface area contributed by atoms with Crippen LogP contribution in [-0.4, -0.2) is 57.5 Å². The lowest BCUT2D eigenvalue weighted by Gasteiger charge is -2.33. The molecule has 0 aromatic heterocycles. The van der Waals surface area contributed by atoms with Gasteiger partial charge in [-0.2, -0.15) is 0 Å². The molecule has 0 bridgehead atoms. The van der Waals surface area contributed by atoms with Crippen molar-refractivity contribution >= 4 is 27.5 Å². The van der Waals surface area contributed by atoms with E-state index in [1.807, 2.05) is 0 Å². The van der Waals surface area contributed by atoms with Crippen LogP contribution in [-0.2, 0) is 26.2 Å². The third-order valence-electron chi connectivity index (χ3n) is 6.27. The smallest absolute Gasteiger partial charge is 0.264 e. The molecule has 42 heavy (non-hydrogen) atoms. The van der Waals surface area contributed by atoms with Crippen LogP contribution in [0, 0.1) is 11.6 Å². The number of halogens is 2. The predicted octanol–water partition coefficient (Wildman–Crippen LogP) is 4.51. The van der Waals surface area contributed by atoms with Crippen molar-refractivity contribution in [2.75, 3.05) is 25.1 Å². The number of carbonyl (C=O) groups excluding carboxylic acids is 2. The number of hydrogen-bond donors (Lipinski definition) is 1. The molecule has 1 N–H and O–H groups in total. The van der Waals surface area contributed by atoms with E-state index in [1.165, 1.54) is 80.6 Å². The summed E-state index contributed by atoms with van der Waals surface area (Å²) in [5.74, 6) is -1.81. The minimum absolute atomic E-state index is 0.0214. The number of nitrogens with zero attached hydrogens (tertiary/aromatic N) is 2. The van der Waals surface area contributed by atoms with Crippen molar-refractivity contribution < 1.29 is 36.3 Å². The first kappa shape index (κ1) is 32.3. The predicted molar refractivity (Wildman–Crippen MR) is 155 cm³/mol. The van der Waals surface area contributed by atoms with Gasteiger partial charge >= 0.3 is 0 Å². The van der Waals surface area contributed by atoms with Crippen LogP contribution in [0.4, 0.5) is 14.5 Å². The molecule has 0 fully saturated rings. The summed E-state index contributed by atoms with van der Waals surface area (Å²) in [4.78, 5) is 28.1. The number of sulfonamides is 1. The highest BCUT2D eigenvalue weighted by Gasteiger charge is 2.34. The minimum Gasteiger partial charge on any atom is -0.493 e. The number of anilines is 1. The maximum atomic E-state index is 14.0. The summed E-state index contributed by atoms with van der Waals surface area (Å²) in [5.41, 5.74) is -0.0587. The normalized spacial score (nSPS) is 12.3. The van der Waals surface area contributed by atoms with Crippen molar-refractivity contribution in [3.63, 3.8) is 0 Å². The molecule has 1 unspecified atom stereocenters. The summed E-state index contributed by atoms with van der Waals surface area (Å²) >= 11 is 0. The summed E-state index contributed by atoms with van der Waals surface area (Å²) in [6, 6.07) is 13.0. The van der Waals surface area contributed by atoms with Crippen LogP contribution < -0.4 is 19.1 Å². The number of rotatable bonds is 11. The number of hydrogen-bond acceptors (Lipinski definition) is 6. The molecule has 0 aliphatic carbocycles. The standard InChI is InChI=1S/C30H35F2N3O6S/c1-20(29(37)33-30(2,3)4)34(18-21-7-9-22(31)10-8-21)28(36)19-35(24-13-11-23(32)12-14-24)42(38,39)25-15-16-26(40-5)27(17-25)41-6/h7-17,20H,18-19H2,1-6H3,(H,33,37). The molecule has 1 atom stereocenters. The first-order valence-corrected chi connectivity index (χ1v) is 14.5. The van der Waals surface area contributed by atoms with Crippen molar-refractivity contribution in [3.8, 4) is 11.5 Å². The van der Waals surface area contributed by atoms with E-state index in [2.05, 4.69) is 5.32 Å². The van der Waals surface area contributed by atoms with Gasteiger partial charge in [0.25, 0.3) is 10.0 Å². The fraction of sp³-hybridized carbons (Fsp3) is 0.333. The van der Waals surface area contributed by atoms with Gasteiger partial charge in [-0.1, -0.05) is 12.1 Å². The molecule has 0 aliphatic heterocycles. The Hall–Kier alpha value is -4.19. The molecule has 0 heterocycles. The summed E-state index contributed by atoms with van der Waals surface area (Å²) in [6.07, 6.45) is 0. The Morgan fingerprint density at radius 1 is 0.881 bits per heavy atom. The monoisotopic (exact) mass is 603 g/mol. The fourth-order valence-corrected chi connectivity index (χ4v) is 5.51. The summed E-state index contributed by atoms with van der Waals surface area (Å²) in [5, 5.41) is 2.83. The number of carbonyl (C=O) groups is 2. The van der Waals surface area contributed by atoms with E-state index in [4.69, 9.17) is 9.47 Å². The van der Waals surface area contributed by atoms with Crippen molar-refractivity contribution in [1.29, 1.82) is 0 Å². The van der Waals surface area contributed by atoms with E-state index < -0.39 is 51.6 Å². The molecular weight excluding hydrogens is 568 g/mol. The van der Waals surface area contributed by atoms with Crippen LogP contribution >= 0.6 is 0 Å². The molecule has 0 spiro atoms. The number of amides is 2. The van der Waals surface area contributed by atoms with E-state index in [-0.39, 0.29) is 22.9 Å². The molecule has 9 nitrogen and oxygen atoms in total. The van der Waals surface area contributed by atoms with Crippen LogP contribution in [0.1, 0.15) is 33.3 Å². The number of nitrogens with one attached hydrogen (secondary N) is 1. The quantitative estimate of drug-likeness (QED) is 0.346. The first-order chi connectivity index (χ1) is 19.7. The summed E-state index contributed by atoms with van der Waals surface area (Å²) in [6.45, 7) is 6.05. The van der Waals surface area contributed by atoms with Crippen molar-refractivity contribution in [1.82, 2.24) is 10.2 Å². The van der Waals surface area contributed by atoms with Gasteiger partial charge in [-0.15, -0.1) is 0 Å². The maximum absolute atomic E-state index is 14.0. The van der Waals surface area contributed by atoms with E-state index in [1.54, 1.807) is 20.8 Å². The molecule has 3 rings (SSSR count). The highest BCUT2D eigenvalue weighted by Crippen LogP contribution is 2.32. The second-order valence-electron chi connectivity index (χ2n) is 10.6. The molecular formula is C30H35F2N3O6S. The van der Waals surface area contributed by atoms with Gasteiger partial charge in [0, 0.05) is 18.2 Å². The Morgan fingerprint density at radius 3 is 1.95 bits per heavy atom. The Labute approximate surface area is 245 Å². The zero-order chi connectivity index (χ0) is 31.2. The molecule has 226 valence electrons. The molecule has 2 amide bonds. The second kappa shape index (κ2) is 13.2. The van der Waals surface area contributed by atoms with E-state index >= 15 is 0 Å². The highest BCUT2D eigenvalue weighted by atomic mass is 32.2. The van der Waals surface area contributed by atoms with E-state index in [0.29, 0.717) is 11.3 Å². The molecule has 12 heteroatoms. The molecule has 0 saturated carbocycles. The number of ether oxygens (including phenoxy) is 2. The number of benzene rings is 3. The summed E-state index contributed by atoms with van der Waals surface area (Å²) in [7, 11) is -1.67. The average Bonchev–Trinajstić information content (AvgIpc) is 2.94. The Balaban J connectivity index is 2.07. The summed E-state index contributed by atoms with van der Waals surface area (Å²) < 4.78 is 66.6. The topological polar surface area (TPSA) is 105 Å². The minimum atomic E-state index is -4.43. The van der Waals surface area contributed by atoms with Gasteiger partial charge in [0.1, 0.15) is 24.2 Å². The molecule has 0 saturated heterocycles. The van der Waals surface area contributed by atoms with Crippen LogP contribution in [0.25, 0.3) is 0 Å². The van der Waals surface area contributed by atoms with Crippen LogP contribution in [0.5, 0.6) is 11.5 Å². The van der Waals surface area contributed by atoms with Crippen molar-refractivity contribution in [2.45, 2.75) is 50.7 Å². The number of methoxy groups -OCH3 is 2. The molecule has 3 aromatic rings. The van der Waals surface area contributed by atoms with Gasteiger partial charge in [0.05, 0.1) is 24.8 Å². The Kier molecular flexibility index (Phi) is 10.2. The lowest BCUT2D eigenvalue weighted by molar-refractivity contribution is -0.140. The van der Waals surface area contributed by atoms with Crippen LogP contribution in [0.2, 0.25) is 0 Å².